The summed E-state index contributed by atoms with van der Waals surface area (Å²) in [6, 6.07) is 8.29. The number of imidazole rings is 1. The van der Waals surface area contributed by atoms with Gasteiger partial charge in [0.05, 0.1) is 10.2 Å². The zero-order valence-electron chi connectivity index (χ0n) is 12.8. The molecule has 4 rings (SSSR count). The molecule has 0 atom stereocenters. The monoisotopic (exact) mass is 329 g/mol. The van der Waals surface area contributed by atoms with Crippen LogP contribution in [0.2, 0.25) is 0 Å². The largest absolute Gasteiger partial charge is 0.345 e. The molecule has 0 saturated carbocycles. The first-order chi connectivity index (χ1) is 11.3. The number of nitrogens with one attached hydrogen (secondary N) is 1. The summed E-state index contributed by atoms with van der Waals surface area (Å²) in [4.78, 5) is 23.7. The van der Waals surface area contributed by atoms with E-state index < -0.39 is 0 Å². The van der Waals surface area contributed by atoms with Gasteiger partial charge in [0, 0.05) is 51.7 Å². The van der Waals surface area contributed by atoms with Gasteiger partial charge in [0.15, 0.2) is 5.13 Å². The van der Waals surface area contributed by atoms with Crippen molar-refractivity contribution in [2.24, 2.45) is 0 Å². The lowest BCUT2D eigenvalue weighted by atomic mass is 10.3. The van der Waals surface area contributed by atoms with Crippen LogP contribution in [-0.2, 0) is 6.54 Å². The highest BCUT2D eigenvalue weighted by atomic mass is 32.1. The van der Waals surface area contributed by atoms with E-state index in [-0.39, 0.29) is 5.69 Å². The summed E-state index contributed by atoms with van der Waals surface area (Å²) >= 11 is 1.77. The van der Waals surface area contributed by atoms with E-state index in [0.29, 0.717) is 0 Å². The molecular formula is C16H19N5OS. The number of para-hydroxylation sites is 1. The maximum absolute atomic E-state index is 11.5. The summed E-state index contributed by atoms with van der Waals surface area (Å²) in [7, 11) is 0. The SMILES string of the molecule is O=c1[nH]ccn1CCN1CCN(c2nc3ccccc3s2)CC1. The molecule has 1 fully saturated rings. The van der Waals surface area contributed by atoms with Crippen molar-refractivity contribution >= 4 is 26.7 Å². The zero-order valence-corrected chi connectivity index (χ0v) is 13.6. The first kappa shape index (κ1) is 14.5. The molecule has 120 valence electrons. The van der Waals surface area contributed by atoms with E-state index >= 15 is 0 Å². The highest BCUT2D eigenvalue weighted by Crippen LogP contribution is 2.28. The van der Waals surface area contributed by atoms with Crippen molar-refractivity contribution in [3.8, 4) is 0 Å². The normalized spacial score (nSPS) is 16.3. The van der Waals surface area contributed by atoms with E-state index in [4.69, 9.17) is 4.98 Å². The first-order valence-corrected chi connectivity index (χ1v) is 8.68. The topological polar surface area (TPSA) is 57.2 Å². The Kier molecular flexibility index (Phi) is 3.88. The minimum absolute atomic E-state index is 0.0295. The van der Waals surface area contributed by atoms with Crippen LogP contribution in [0.5, 0.6) is 0 Å². The average molecular weight is 329 g/mol. The average Bonchev–Trinajstić information content (AvgIpc) is 3.19. The van der Waals surface area contributed by atoms with Crippen molar-refractivity contribution < 1.29 is 0 Å². The smallest absolute Gasteiger partial charge is 0.325 e. The Bertz CT molecular complexity index is 810. The van der Waals surface area contributed by atoms with Gasteiger partial charge in [-0.1, -0.05) is 23.5 Å². The van der Waals surface area contributed by atoms with E-state index in [9.17, 15) is 4.79 Å². The van der Waals surface area contributed by atoms with Gasteiger partial charge < -0.3 is 9.88 Å². The number of piperazine rings is 1. The molecule has 0 radical (unpaired) electrons. The molecule has 0 aliphatic carbocycles. The Labute approximate surface area is 138 Å². The Morgan fingerprint density at radius 2 is 1.96 bits per heavy atom. The third kappa shape index (κ3) is 3.02. The molecule has 23 heavy (non-hydrogen) atoms. The number of thiazole rings is 1. The number of nitrogens with zero attached hydrogens (tertiary/aromatic N) is 4. The Morgan fingerprint density at radius 1 is 1.13 bits per heavy atom. The van der Waals surface area contributed by atoms with Gasteiger partial charge in [-0.25, -0.2) is 9.78 Å². The van der Waals surface area contributed by atoms with Gasteiger partial charge in [-0.15, -0.1) is 0 Å². The van der Waals surface area contributed by atoms with Crippen molar-refractivity contribution in [2.75, 3.05) is 37.6 Å². The van der Waals surface area contributed by atoms with E-state index in [1.807, 2.05) is 6.07 Å². The van der Waals surface area contributed by atoms with Crippen LogP contribution in [0.3, 0.4) is 0 Å². The van der Waals surface area contributed by atoms with Gasteiger partial charge in [-0.05, 0) is 12.1 Å². The molecule has 0 spiro atoms. The van der Waals surface area contributed by atoms with Gasteiger partial charge in [0.2, 0.25) is 0 Å². The fourth-order valence-electron chi connectivity index (χ4n) is 2.93. The lowest BCUT2D eigenvalue weighted by Crippen LogP contribution is -2.47. The quantitative estimate of drug-likeness (QED) is 0.790. The number of aromatic nitrogens is 3. The molecule has 7 heteroatoms. The molecule has 2 aromatic heterocycles. The van der Waals surface area contributed by atoms with Crippen LogP contribution < -0.4 is 10.6 Å². The van der Waals surface area contributed by atoms with Crippen LogP contribution in [0, 0.1) is 0 Å². The number of hydrogen-bond donors (Lipinski definition) is 1. The summed E-state index contributed by atoms with van der Waals surface area (Å²) in [6.07, 6.45) is 3.49. The highest BCUT2D eigenvalue weighted by molar-refractivity contribution is 7.22. The third-order valence-electron chi connectivity index (χ3n) is 4.30. The van der Waals surface area contributed by atoms with Crippen molar-refractivity contribution in [2.45, 2.75) is 6.54 Å². The van der Waals surface area contributed by atoms with Crippen molar-refractivity contribution in [1.82, 2.24) is 19.4 Å². The highest BCUT2D eigenvalue weighted by Gasteiger charge is 2.19. The van der Waals surface area contributed by atoms with E-state index in [0.717, 1.165) is 49.9 Å². The summed E-state index contributed by atoms with van der Waals surface area (Å²) in [6.45, 7) is 5.64. The van der Waals surface area contributed by atoms with Crippen molar-refractivity contribution in [3.05, 3.63) is 47.1 Å². The Hall–Kier alpha value is -2.12. The maximum atomic E-state index is 11.5. The second-order valence-corrected chi connectivity index (χ2v) is 6.76. The zero-order chi connectivity index (χ0) is 15.6. The molecule has 0 amide bonds. The van der Waals surface area contributed by atoms with Crippen LogP contribution in [0.15, 0.2) is 41.5 Å². The molecule has 0 bridgehead atoms. The summed E-state index contributed by atoms with van der Waals surface area (Å²) in [5.74, 6) is 0. The van der Waals surface area contributed by atoms with E-state index in [1.165, 1.54) is 4.70 Å². The standard InChI is InChI=1S/C16H19N5OS/c22-15-17-5-6-20(15)10-7-19-8-11-21(12-9-19)16-18-13-3-1-2-4-14(13)23-16/h1-6H,7-12H2,(H,17,22). The van der Waals surface area contributed by atoms with Gasteiger partial charge in [-0.3, -0.25) is 9.47 Å². The number of aromatic amines is 1. The summed E-state index contributed by atoms with van der Waals surface area (Å²) < 4.78 is 2.97. The molecule has 3 aromatic rings. The van der Waals surface area contributed by atoms with Gasteiger partial charge in [0.1, 0.15) is 0 Å². The predicted octanol–water partition coefficient (Wildman–Crippen LogP) is 1.61. The van der Waals surface area contributed by atoms with Crippen LogP contribution in [-0.4, -0.2) is 52.2 Å². The fourth-order valence-corrected chi connectivity index (χ4v) is 3.95. The third-order valence-corrected chi connectivity index (χ3v) is 5.40. The molecule has 6 nitrogen and oxygen atoms in total. The number of H-pyrrole nitrogens is 1. The van der Waals surface area contributed by atoms with Gasteiger partial charge >= 0.3 is 5.69 Å². The first-order valence-electron chi connectivity index (χ1n) is 7.86. The minimum atomic E-state index is -0.0295. The number of rotatable bonds is 4. The molecule has 0 unspecified atom stereocenters. The Morgan fingerprint density at radius 3 is 2.70 bits per heavy atom. The molecular weight excluding hydrogens is 310 g/mol. The van der Waals surface area contributed by atoms with Crippen LogP contribution in [0.4, 0.5) is 5.13 Å². The summed E-state index contributed by atoms with van der Waals surface area (Å²) in [5.41, 5.74) is 1.06. The maximum Gasteiger partial charge on any atom is 0.325 e. The molecule has 1 N–H and O–H groups in total. The van der Waals surface area contributed by atoms with Gasteiger partial charge in [0.25, 0.3) is 0 Å². The molecule has 1 aliphatic rings. The van der Waals surface area contributed by atoms with Crippen LogP contribution in [0.1, 0.15) is 0 Å². The van der Waals surface area contributed by atoms with Crippen molar-refractivity contribution in [1.29, 1.82) is 0 Å². The lowest BCUT2D eigenvalue weighted by Gasteiger charge is -2.34. The van der Waals surface area contributed by atoms with E-state index in [2.05, 4.69) is 33.0 Å². The van der Waals surface area contributed by atoms with Gasteiger partial charge in [-0.2, -0.15) is 0 Å². The minimum Gasteiger partial charge on any atom is -0.345 e. The molecule has 3 heterocycles. The van der Waals surface area contributed by atoms with Crippen LogP contribution in [0.25, 0.3) is 10.2 Å². The van der Waals surface area contributed by atoms with Crippen LogP contribution >= 0.6 is 11.3 Å². The second kappa shape index (κ2) is 6.17. The number of fused-ring (bicyclic) bond motifs is 1. The number of benzene rings is 1. The number of hydrogen-bond acceptors (Lipinski definition) is 5. The molecule has 1 aromatic carbocycles. The Balaban J connectivity index is 1.35. The predicted molar refractivity (Wildman–Crippen MR) is 93.3 cm³/mol. The fraction of sp³-hybridized carbons (Fsp3) is 0.375. The second-order valence-electron chi connectivity index (χ2n) is 5.75. The van der Waals surface area contributed by atoms with E-state index in [1.54, 1.807) is 28.3 Å². The van der Waals surface area contributed by atoms with Crippen molar-refractivity contribution in [3.63, 3.8) is 0 Å². The summed E-state index contributed by atoms with van der Waals surface area (Å²) in [5, 5.41) is 1.12. The lowest BCUT2D eigenvalue weighted by molar-refractivity contribution is 0.247. The number of anilines is 1. The molecule has 1 aliphatic heterocycles. The molecule has 1 saturated heterocycles.